The summed E-state index contributed by atoms with van der Waals surface area (Å²) in [5.41, 5.74) is 0.338. The molecule has 2 rings (SSSR count). The summed E-state index contributed by atoms with van der Waals surface area (Å²) in [7, 11) is 3.13. The molecule has 0 saturated carbocycles. The Hall–Kier alpha value is -1.21. The first kappa shape index (κ1) is 12.3. The fourth-order valence-corrected chi connectivity index (χ4v) is 3.10. The minimum absolute atomic E-state index is 0.112. The average Bonchev–Trinajstić information content (AvgIpc) is 2.38. The Morgan fingerprint density at radius 2 is 1.65 bits per heavy atom. The molecular formula is C11H10N2O2S2. The van der Waals surface area contributed by atoms with Gasteiger partial charge in [-0.2, -0.15) is 0 Å². The zero-order valence-electron chi connectivity index (χ0n) is 8.72. The molecule has 17 heavy (non-hydrogen) atoms. The predicted molar refractivity (Wildman–Crippen MR) is 68.4 cm³/mol. The van der Waals surface area contributed by atoms with E-state index in [1.165, 1.54) is 0 Å². The lowest BCUT2D eigenvalue weighted by molar-refractivity contribution is 0.0290. The Balaban J connectivity index is 2.02. The molecule has 0 saturated heterocycles. The molecule has 1 aromatic carbocycles. The van der Waals surface area contributed by atoms with Gasteiger partial charge in [0.05, 0.1) is 5.69 Å². The fourth-order valence-electron chi connectivity index (χ4n) is 1.15. The van der Waals surface area contributed by atoms with Gasteiger partial charge in [0.25, 0.3) is 0 Å². The van der Waals surface area contributed by atoms with Crippen molar-refractivity contribution in [1.29, 1.82) is 0 Å². The third-order valence-electron chi connectivity index (χ3n) is 1.93. The number of benzene rings is 1. The summed E-state index contributed by atoms with van der Waals surface area (Å²) in [6.45, 7) is 0. The Morgan fingerprint density at radius 3 is 2.35 bits per heavy atom. The fraction of sp³-hybridized carbons (Fsp3) is 0. The molecule has 0 bridgehead atoms. The van der Waals surface area contributed by atoms with Crippen LogP contribution in [0.4, 0.5) is 5.69 Å². The second-order valence-electron chi connectivity index (χ2n) is 3.14. The Morgan fingerprint density at radius 1 is 0.941 bits per heavy atom. The van der Waals surface area contributed by atoms with Gasteiger partial charge in [0.15, 0.2) is 0 Å². The standard InChI is InChI=1S/C11H10N2O2S2/c14-13(15)9-2-1-3-11(8-9)17-16-10-4-6-12-7-5-10/h1-8,14-15H. The molecule has 2 N–H and O–H groups in total. The summed E-state index contributed by atoms with van der Waals surface area (Å²) in [6.07, 6.45) is 3.48. The van der Waals surface area contributed by atoms with E-state index in [4.69, 9.17) is 10.4 Å². The van der Waals surface area contributed by atoms with Gasteiger partial charge in [0.1, 0.15) is 0 Å². The number of hydrogen-bond acceptors (Lipinski definition) is 6. The smallest absolute Gasteiger partial charge is 0.0954 e. The van der Waals surface area contributed by atoms with Crippen LogP contribution in [-0.4, -0.2) is 15.4 Å². The highest BCUT2D eigenvalue weighted by molar-refractivity contribution is 8.76. The first-order valence-electron chi connectivity index (χ1n) is 4.78. The van der Waals surface area contributed by atoms with Gasteiger partial charge in [-0.15, -0.1) is 5.23 Å². The molecule has 0 aliphatic heterocycles. The third-order valence-corrected chi connectivity index (χ3v) is 4.33. The van der Waals surface area contributed by atoms with Crippen molar-refractivity contribution in [3.8, 4) is 0 Å². The molecule has 0 amide bonds. The van der Waals surface area contributed by atoms with Crippen LogP contribution in [0.3, 0.4) is 0 Å². The zero-order valence-corrected chi connectivity index (χ0v) is 10.4. The topological polar surface area (TPSA) is 56.6 Å². The maximum absolute atomic E-state index is 8.90. The highest BCUT2D eigenvalue weighted by atomic mass is 33.1. The molecule has 6 heteroatoms. The summed E-state index contributed by atoms with van der Waals surface area (Å²) in [5, 5.41) is 17.9. The highest BCUT2D eigenvalue weighted by Gasteiger charge is 2.02. The van der Waals surface area contributed by atoms with E-state index in [0.29, 0.717) is 5.69 Å². The lowest BCUT2D eigenvalue weighted by Gasteiger charge is -2.08. The number of rotatable bonds is 4. The van der Waals surface area contributed by atoms with Gasteiger partial charge in [-0.1, -0.05) is 27.7 Å². The molecule has 0 fully saturated rings. The van der Waals surface area contributed by atoms with Crippen molar-refractivity contribution in [1.82, 2.24) is 4.98 Å². The summed E-state index contributed by atoms with van der Waals surface area (Å²) >= 11 is 0. The predicted octanol–water partition coefficient (Wildman–Crippen LogP) is 3.47. The molecule has 1 aromatic heterocycles. The highest BCUT2D eigenvalue weighted by Crippen LogP contribution is 2.37. The van der Waals surface area contributed by atoms with Crippen molar-refractivity contribution < 1.29 is 10.4 Å². The summed E-state index contributed by atoms with van der Waals surface area (Å²) in [6, 6.07) is 10.8. The van der Waals surface area contributed by atoms with Crippen molar-refractivity contribution in [3.63, 3.8) is 0 Å². The van der Waals surface area contributed by atoms with Gasteiger partial charge >= 0.3 is 0 Å². The maximum Gasteiger partial charge on any atom is 0.0954 e. The number of aromatic nitrogens is 1. The Bertz CT molecular complexity index is 480. The van der Waals surface area contributed by atoms with Gasteiger partial charge in [-0.25, -0.2) is 0 Å². The molecule has 0 atom stereocenters. The summed E-state index contributed by atoms with van der Waals surface area (Å²) in [4.78, 5) is 5.98. The second-order valence-corrected chi connectivity index (χ2v) is 5.41. The second kappa shape index (κ2) is 5.92. The molecule has 4 nitrogen and oxygen atoms in total. The maximum atomic E-state index is 8.90. The minimum Gasteiger partial charge on any atom is -0.265 e. The molecule has 0 unspecified atom stereocenters. The summed E-state index contributed by atoms with van der Waals surface area (Å²) < 4.78 is 0. The van der Waals surface area contributed by atoms with Gasteiger partial charge in [0, 0.05) is 22.2 Å². The molecule has 1 heterocycles. The molecule has 0 aliphatic carbocycles. The monoisotopic (exact) mass is 266 g/mol. The molecule has 0 radical (unpaired) electrons. The number of nitrogens with zero attached hydrogens (tertiary/aromatic N) is 2. The van der Waals surface area contributed by atoms with Crippen LogP contribution in [0.5, 0.6) is 0 Å². The number of anilines is 1. The zero-order chi connectivity index (χ0) is 12.1. The van der Waals surface area contributed by atoms with E-state index in [2.05, 4.69) is 4.98 Å². The molecular weight excluding hydrogens is 256 g/mol. The summed E-state index contributed by atoms with van der Waals surface area (Å²) in [5.74, 6) is 0. The van der Waals surface area contributed by atoms with E-state index >= 15 is 0 Å². The molecule has 2 aromatic rings. The molecule has 0 spiro atoms. The van der Waals surface area contributed by atoms with Crippen molar-refractivity contribution >= 4 is 27.3 Å². The molecule has 88 valence electrons. The van der Waals surface area contributed by atoms with Crippen LogP contribution >= 0.6 is 21.6 Å². The third kappa shape index (κ3) is 3.64. The Labute approximate surface area is 107 Å². The largest absolute Gasteiger partial charge is 0.265 e. The van der Waals surface area contributed by atoms with Gasteiger partial charge in [-0.3, -0.25) is 15.4 Å². The lowest BCUT2D eigenvalue weighted by Crippen LogP contribution is -2.10. The normalized spacial score (nSPS) is 10.2. The van der Waals surface area contributed by atoms with Crippen LogP contribution in [0, 0.1) is 0 Å². The minimum atomic E-state index is 0.112. The van der Waals surface area contributed by atoms with Crippen LogP contribution in [0.2, 0.25) is 0 Å². The van der Waals surface area contributed by atoms with E-state index in [1.807, 2.05) is 18.2 Å². The van der Waals surface area contributed by atoms with E-state index < -0.39 is 0 Å². The van der Waals surface area contributed by atoms with Gasteiger partial charge in [-0.05, 0) is 30.3 Å². The van der Waals surface area contributed by atoms with E-state index in [9.17, 15) is 0 Å². The van der Waals surface area contributed by atoms with Crippen LogP contribution in [0.25, 0.3) is 0 Å². The van der Waals surface area contributed by atoms with Gasteiger partial charge < -0.3 is 0 Å². The quantitative estimate of drug-likeness (QED) is 0.653. The number of pyridine rings is 1. The van der Waals surface area contributed by atoms with Crippen molar-refractivity contribution in [2.75, 3.05) is 5.23 Å². The lowest BCUT2D eigenvalue weighted by atomic mass is 10.3. The SMILES string of the molecule is ON(O)c1cccc(SSc2ccncc2)c1. The van der Waals surface area contributed by atoms with E-state index in [-0.39, 0.29) is 5.23 Å². The van der Waals surface area contributed by atoms with Crippen molar-refractivity contribution in [3.05, 3.63) is 48.8 Å². The van der Waals surface area contributed by atoms with E-state index in [1.54, 1.807) is 52.2 Å². The first-order chi connectivity index (χ1) is 8.25. The first-order valence-corrected chi connectivity index (χ1v) is 6.93. The van der Waals surface area contributed by atoms with Crippen LogP contribution in [0.15, 0.2) is 58.6 Å². The molecule has 0 aliphatic rings. The van der Waals surface area contributed by atoms with Crippen LogP contribution in [-0.2, 0) is 0 Å². The van der Waals surface area contributed by atoms with Crippen LogP contribution in [0.1, 0.15) is 0 Å². The van der Waals surface area contributed by atoms with Crippen molar-refractivity contribution in [2.45, 2.75) is 9.79 Å². The van der Waals surface area contributed by atoms with Crippen LogP contribution < -0.4 is 5.23 Å². The van der Waals surface area contributed by atoms with E-state index in [0.717, 1.165) is 9.79 Å². The van der Waals surface area contributed by atoms with Crippen molar-refractivity contribution in [2.24, 2.45) is 0 Å². The average molecular weight is 266 g/mol. The Kier molecular flexibility index (Phi) is 4.27. The number of hydrogen-bond donors (Lipinski definition) is 2. The van der Waals surface area contributed by atoms with Gasteiger partial charge in [0.2, 0.25) is 0 Å².